The molecule has 2 aliphatic rings. The van der Waals surface area contributed by atoms with Crippen LogP contribution in [0.4, 0.5) is 0 Å². The number of pyridine rings is 2. The van der Waals surface area contributed by atoms with Crippen LogP contribution in [0.3, 0.4) is 0 Å². The lowest BCUT2D eigenvalue weighted by Crippen LogP contribution is -2.15. The lowest BCUT2D eigenvalue weighted by Gasteiger charge is -2.26. The van der Waals surface area contributed by atoms with Crippen LogP contribution in [0.15, 0.2) is 158 Å². The number of hydrogen-bond acceptors (Lipinski definition) is 2. The highest BCUT2D eigenvalue weighted by Crippen LogP contribution is 2.60. The second-order valence-corrected chi connectivity index (χ2v) is 16.8. The number of rotatable bonds is 2. The molecule has 0 amide bonds. The Morgan fingerprint density at radius 3 is 1.57 bits per heavy atom. The van der Waals surface area contributed by atoms with Crippen molar-refractivity contribution in [3.05, 3.63) is 180 Å². The molecule has 264 valence electrons. The Morgan fingerprint density at radius 1 is 0.375 bits per heavy atom. The number of fused-ring (bicyclic) bond motifs is 14. The summed E-state index contributed by atoms with van der Waals surface area (Å²) in [6.07, 6.45) is 1.87. The quantitative estimate of drug-likeness (QED) is 0.132. The molecule has 12 rings (SSSR count). The maximum Gasteiger partial charge on any atom is 0.0972 e. The molecule has 0 saturated heterocycles. The lowest BCUT2D eigenvalue weighted by molar-refractivity contribution is 0.660. The van der Waals surface area contributed by atoms with E-state index in [1.807, 2.05) is 12.3 Å². The first kappa shape index (κ1) is 31.7. The van der Waals surface area contributed by atoms with Crippen LogP contribution in [-0.4, -0.2) is 9.97 Å². The molecule has 56 heavy (non-hydrogen) atoms. The van der Waals surface area contributed by atoms with Crippen LogP contribution < -0.4 is 0 Å². The van der Waals surface area contributed by atoms with Gasteiger partial charge in [0, 0.05) is 33.4 Å². The zero-order valence-electron chi connectivity index (χ0n) is 31.9. The summed E-state index contributed by atoms with van der Waals surface area (Å²) < 4.78 is 0. The number of hydrogen-bond donors (Lipinski definition) is 0. The Bertz CT molecular complexity index is 3290. The molecule has 2 heteroatoms. The van der Waals surface area contributed by atoms with Crippen molar-refractivity contribution in [3.8, 4) is 44.6 Å². The van der Waals surface area contributed by atoms with Crippen molar-refractivity contribution >= 4 is 54.1 Å². The summed E-state index contributed by atoms with van der Waals surface area (Å²) in [6, 6.07) is 56.4. The molecule has 0 fully saturated rings. The van der Waals surface area contributed by atoms with Crippen LogP contribution in [-0.2, 0) is 10.8 Å². The maximum atomic E-state index is 5.43. The van der Waals surface area contributed by atoms with E-state index in [1.54, 1.807) is 0 Å². The standard InChI is InChI=1S/C54H38N2/c1-53(2)41-21-11-9-19-38(41)48-43(53)27-26-37-40(30-44-49(50(37)48)39-20-10-12-22-42(39)54(44,3)4)46-33-15-5-7-17-35(33)47(36-18-8-6-16-34(36)46)45-28-25-32-24-23-31-14-13-29-55-51(31)52(32)56-45/h5-30H,1-4H3. The van der Waals surface area contributed by atoms with Gasteiger partial charge in [-0.1, -0.05) is 161 Å². The highest BCUT2D eigenvalue weighted by Gasteiger charge is 2.42. The zero-order valence-corrected chi connectivity index (χ0v) is 31.9. The van der Waals surface area contributed by atoms with Crippen molar-refractivity contribution < 1.29 is 0 Å². The summed E-state index contributed by atoms with van der Waals surface area (Å²) in [5, 5.41) is 9.72. The molecule has 0 atom stereocenters. The fraction of sp³-hybridized carbons (Fsp3) is 0.111. The van der Waals surface area contributed by atoms with Gasteiger partial charge in [0.1, 0.15) is 0 Å². The SMILES string of the molecule is CC1(C)c2ccccc2-c2c1ccc1c(-c3c4ccccc4c(-c4ccc5ccc6cccnc6c5n4)c4ccccc34)cc3c(c21)-c1ccccc1C3(C)C. The third-order valence-corrected chi connectivity index (χ3v) is 13.3. The van der Waals surface area contributed by atoms with Crippen LogP contribution >= 0.6 is 0 Å². The second kappa shape index (κ2) is 11.0. The fourth-order valence-corrected chi connectivity index (χ4v) is 10.6. The minimum atomic E-state index is -0.178. The van der Waals surface area contributed by atoms with Crippen LogP contribution in [0.1, 0.15) is 49.9 Å². The van der Waals surface area contributed by atoms with Gasteiger partial charge in [-0.3, -0.25) is 4.98 Å². The molecule has 0 bridgehead atoms. The Morgan fingerprint density at radius 2 is 0.911 bits per heavy atom. The molecule has 0 N–H and O–H groups in total. The van der Waals surface area contributed by atoms with Gasteiger partial charge < -0.3 is 0 Å². The van der Waals surface area contributed by atoms with Gasteiger partial charge >= 0.3 is 0 Å². The van der Waals surface area contributed by atoms with Crippen molar-refractivity contribution in [1.29, 1.82) is 0 Å². The van der Waals surface area contributed by atoms with Crippen LogP contribution in [0.25, 0.3) is 98.8 Å². The molecule has 0 aliphatic heterocycles. The summed E-state index contributed by atoms with van der Waals surface area (Å²) in [5.74, 6) is 0. The van der Waals surface area contributed by atoms with E-state index in [0.29, 0.717) is 0 Å². The van der Waals surface area contributed by atoms with Gasteiger partial charge in [0.25, 0.3) is 0 Å². The second-order valence-electron chi connectivity index (χ2n) is 16.8. The first-order chi connectivity index (χ1) is 27.3. The largest absolute Gasteiger partial charge is 0.254 e. The van der Waals surface area contributed by atoms with E-state index in [4.69, 9.17) is 9.97 Å². The molecule has 2 heterocycles. The molecular formula is C54H38N2. The van der Waals surface area contributed by atoms with Gasteiger partial charge in [-0.25, -0.2) is 4.98 Å². The van der Waals surface area contributed by atoms with Crippen molar-refractivity contribution in [2.75, 3.05) is 0 Å². The fourth-order valence-electron chi connectivity index (χ4n) is 10.6. The smallest absolute Gasteiger partial charge is 0.0972 e. The Kier molecular flexibility index (Phi) is 6.22. The lowest BCUT2D eigenvalue weighted by atomic mass is 9.77. The predicted molar refractivity (Wildman–Crippen MR) is 236 cm³/mol. The third-order valence-electron chi connectivity index (χ3n) is 13.3. The molecule has 2 nitrogen and oxygen atoms in total. The molecule has 0 saturated carbocycles. The molecule has 0 radical (unpaired) electrons. The highest BCUT2D eigenvalue weighted by molar-refractivity contribution is 6.26. The topological polar surface area (TPSA) is 25.8 Å². The average Bonchev–Trinajstić information content (AvgIpc) is 3.61. The summed E-state index contributed by atoms with van der Waals surface area (Å²) in [5.41, 5.74) is 17.3. The molecule has 0 unspecified atom stereocenters. The maximum absolute atomic E-state index is 5.43. The monoisotopic (exact) mass is 714 g/mol. The molecular weight excluding hydrogens is 677 g/mol. The Balaban J connectivity index is 1.24. The van der Waals surface area contributed by atoms with Gasteiger partial charge in [0.15, 0.2) is 0 Å². The first-order valence-corrected chi connectivity index (χ1v) is 19.8. The van der Waals surface area contributed by atoms with E-state index in [0.717, 1.165) is 33.1 Å². The van der Waals surface area contributed by atoms with Crippen LogP contribution in [0, 0.1) is 0 Å². The normalized spacial score (nSPS) is 14.7. The molecule has 8 aromatic carbocycles. The van der Waals surface area contributed by atoms with Gasteiger partial charge in [0.05, 0.1) is 16.7 Å². The minimum Gasteiger partial charge on any atom is -0.254 e. The van der Waals surface area contributed by atoms with Crippen molar-refractivity contribution in [1.82, 2.24) is 9.97 Å². The molecule has 2 aliphatic carbocycles. The van der Waals surface area contributed by atoms with E-state index in [1.165, 1.54) is 88.0 Å². The number of benzene rings is 8. The Hall–Kier alpha value is -6.64. The van der Waals surface area contributed by atoms with Crippen LogP contribution in [0.5, 0.6) is 0 Å². The van der Waals surface area contributed by atoms with Gasteiger partial charge in [-0.2, -0.15) is 0 Å². The molecule has 0 spiro atoms. The highest BCUT2D eigenvalue weighted by atomic mass is 14.8. The van der Waals surface area contributed by atoms with E-state index >= 15 is 0 Å². The number of nitrogens with zero attached hydrogens (tertiary/aromatic N) is 2. The van der Waals surface area contributed by atoms with E-state index in [2.05, 4.69) is 173 Å². The molecule has 2 aromatic heterocycles. The summed E-state index contributed by atoms with van der Waals surface area (Å²) in [7, 11) is 0. The molecule has 10 aromatic rings. The van der Waals surface area contributed by atoms with Crippen molar-refractivity contribution in [2.45, 2.75) is 38.5 Å². The average molecular weight is 715 g/mol. The summed E-state index contributed by atoms with van der Waals surface area (Å²) in [6.45, 7) is 9.62. The van der Waals surface area contributed by atoms with Gasteiger partial charge in [-0.05, 0) is 106 Å². The minimum absolute atomic E-state index is 0.106. The first-order valence-electron chi connectivity index (χ1n) is 19.8. The Labute approximate surface area is 326 Å². The zero-order chi connectivity index (χ0) is 37.5. The van der Waals surface area contributed by atoms with Gasteiger partial charge in [-0.15, -0.1) is 0 Å². The summed E-state index contributed by atoms with van der Waals surface area (Å²) in [4.78, 5) is 10.2. The third kappa shape index (κ3) is 4.01. The van der Waals surface area contributed by atoms with E-state index in [-0.39, 0.29) is 10.8 Å². The van der Waals surface area contributed by atoms with Gasteiger partial charge in [0.2, 0.25) is 0 Å². The number of aromatic nitrogens is 2. The van der Waals surface area contributed by atoms with E-state index < -0.39 is 0 Å². The van der Waals surface area contributed by atoms with Crippen molar-refractivity contribution in [3.63, 3.8) is 0 Å². The summed E-state index contributed by atoms with van der Waals surface area (Å²) >= 11 is 0. The van der Waals surface area contributed by atoms with E-state index in [9.17, 15) is 0 Å². The van der Waals surface area contributed by atoms with Crippen molar-refractivity contribution in [2.24, 2.45) is 0 Å². The predicted octanol–water partition coefficient (Wildman–Crippen LogP) is 14.2. The van der Waals surface area contributed by atoms with Crippen LogP contribution in [0.2, 0.25) is 0 Å².